The summed E-state index contributed by atoms with van der Waals surface area (Å²) in [7, 11) is 2.03. The summed E-state index contributed by atoms with van der Waals surface area (Å²) in [6, 6.07) is 0. The van der Waals surface area contributed by atoms with Gasteiger partial charge < -0.3 is 9.73 Å². The number of rotatable bonds is 4. The van der Waals surface area contributed by atoms with E-state index in [9.17, 15) is 0 Å². The minimum atomic E-state index is 0. The van der Waals surface area contributed by atoms with Gasteiger partial charge in [-0.1, -0.05) is 0 Å². The second-order valence-electron chi connectivity index (χ2n) is 5.03. The van der Waals surface area contributed by atoms with Gasteiger partial charge >= 0.3 is 0 Å². The lowest BCUT2D eigenvalue weighted by molar-refractivity contribution is 0.163. The van der Waals surface area contributed by atoms with E-state index < -0.39 is 0 Å². The minimum absolute atomic E-state index is 0. The summed E-state index contributed by atoms with van der Waals surface area (Å²) in [4.78, 5) is 6.88. The molecule has 2 rings (SSSR count). The molecule has 0 atom stereocenters. The van der Waals surface area contributed by atoms with Crippen molar-refractivity contribution in [2.75, 3.05) is 26.7 Å². The van der Waals surface area contributed by atoms with Crippen LogP contribution in [0.4, 0.5) is 0 Å². The summed E-state index contributed by atoms with van der Waals surface area (Å²) in [6.45, 7) is 8.30. The van der Waals surface area contributed by atoms with Crippen molar-refractivity contribution in [3.63, 3.8) is 0 Å². The quantitative estimate of drug-likeness (QED) is 0.928. The smallest absolute Gasteiger partial charge is 0.208 e. The first kappa shape index (κ1) is 18.7. The summed E-state index contributed by atoms with van der Waals surface area (Å²) in [5, 5.41) is 3.26. The molecule has 1 fully saturated rings. The Morgan fingerprint density at radius 3 is 2.37 bits per heavy atom. The van der Waals surface area contributed by atoms with Crippen molar-refractivity contribution < 1.29 is 4.42 Å². The molecule has 0 amide bonds. The molecule has 0 bridgehead atoms. The molecule has 1 aromatic rings. The highest BCUT2D eigenvalue weighted by atomic mass is 35.5. The van der Waals surface area contributed by atoms with Crippen LogP contribution >= 0.6 is 24.8 Å². The zero-order valence-electron chi connectivity index (χ0n) is 11.9. The number of piperidine rings is 1. The number of likely N-dealkylation sites (tertiary alicyclic amines) is 1. The van der Waals surface area contributed by atoms with Gasteiger partial charge in [0.05, 0.1) is 12.2 Å². The number of aromatic nitrogens is 1. The van der Waals surface area contributed by atoms with Crippen molar-refractivity contribution in [2.24, 2.45) is 5.92 Å². The molecule has 0 unspecified atom stereocenters. The fourth-order valence-corrected chi connectivity index (χ4v) is 2.44. The zero-order chi connectivity index (χ0) is 12.3. The molecule has 0 saturated carbocycles. The molecule has 0 aromatic carbocycles. The lowest BCUT2D eigenvalue weighted by Gasteiger charge is -2.30. The van der Waals surface area contributed by atoms with Gasteiger partial charge in [0.2, 0.25) is 5.89 Å². The van der Waals surface area contributed by atoms with Crippen molar-refractivity contribution in [1.29, 1.82) is 0 Å². The van der Waals surface area contributed by atoms with Crippen molar-refractivity contribution >= 4 is 24.8 Å². The van der Waals surface area contributed by atoms with Crippen LogP contribution in [-0.4, -0.2) is 36.6 Å². The largest absolute Gasteiger partial charge is 0.444 e. The monoisotopic (exact) mass is 309 g/mol. The van der Waals surface area contributed by atoms with E-state index in [4.69, 9.17) is 4.42 Å². The Balaban J connectivity index is 0.00000162. The normalized spacial score (nSPS) is 16.8. The molecule has 2 heterocycles. The van der Waals surface area contributed by atoms with Gasteiger partial charge in [0, 0.05) is 0 Å². The molecule has 1 aliphatic heterocycles. The second kappa shape index (κ2) is 8.80. The third kappa shape index (κ3) is 5.30. The van der Waals surface area contributed by atoms with E-state index in [1.165, 1.54) is 12.8 Å². The Bertz CT molecular complexity index is 343. The van der Waals surface area contributed by atoms with Gasteiger partial charge in [-0.15, -0.1) is 24.8 Å². The molecule has 1 N–H and O–H groups in total. The molecule has 0 radical (unpaired) electrons. The first-order chi connectivity index (χ1) is 8.19. The van der Waals surface area contributed by atoms with E-state index in [1.807, 2.05) is 20.9 Å². The summed E-state index contributed by atoms with van der Waals surface area (Å²) in [6.07, 6.45) is 2.55. The fourth-order valence-electron chi connectivity index (χ4n) is 2.44. The van der Waals surface area contributed by atoms with Crippen LogP contribution < -0.4 is 5.32 Å². The third-order valence-electron chi connectivity index (χ3n) is 3.63. The predicted molar refractivity (Wildman–Crippen MR) is 82.4 cm³/mol. The molecule has 112 valence electrons. The number of nitrogens with zero attached hydrogens (tertiary/aromatic N) is 2. The van der Waals surface area contributed by atoms with Gasteiger partial charge in [-0.2, -0.15) is 0 Å². The topological polar surface area (TPSA) is 41.3 Å². The van der Waals surface area contributed by atoms with Gasteiger partial charge in [0.25, 0.3) is 0 Å². The van der Waals surface area contributed by atoms with Crippen LogP contribution in [0.5, 0.6) is 0 Å². The van der Waals surface area contributed by atoms with Crippen LogP contribution in [0.15, 0.2) is 4.42 Å². The van der Waals surface area contributed by atoms with Gasteiger partial charge in [-0.25, -0.2) is 4.98 Å². The maximum Gasteiger partial charge on any atom is 0.208 e. The Morgan fingerprint density at radius 2 is 1.89 bits per heavy atom. The lowest BCUT2D eigenvalue weighted by atomic mass is 9.97. The van der Waals surface area contributed by atoms with Gasteiger partial charge in [0.15, 0.2) is 0 Å². The molecule has 4 nitrogen and oxygen atoms in total. The van der Waals surface area contributed by atoms with E-state index in [1.54, 1.807) is 0 Å². The van der Waals surface area contributed by atoms with Gasteiger partial charge in [-0.3, -0.25) is 4.90 Å². The van der Waals surface area contributed by atoms with E-state index in [2.05, 4.69) is 15.2 Å². The Kier molecular flexibility index (Phi) is 8.66. The summed E-state index contributed by atoms with van der Waals surface area (Å²) in [5.41, 5.74) is 1.02. The number of nitrogens with one attached hydrogen (secondary N) is 1. The highest BCUT2D eigenvalue weighted by Gasteiger charge is 2.20. The van der Waals surface area contributed by atoms with E-state index in [-0.39, 0.29) is 24.8 Å². The predicted octanol–water partition coefficient (Wildman–Crippen LogP) is 2.57. The van der Waals surface area contributed by atoms with Crippen molar-refractivity contribution in [1.82, 2.24) is 15.2 Å². The maximum atomic E-state index is 5.63. The van der Waals surface area contributed by atoms with E-state index in [0.717, 1.165) is 49.4 Å². The number of aryl methyl sites for hydroxylation is 2. The van der Waals surface area contributed by atoms with Crippen molar-refractivity contribution in [3.8, 4) is 0 Å². The summed E-state index contributed by atoms with van der Waals surface area (Å²) in [5.74, 6) is 2.65. The van der Waals surface area contributed by atoms with Crippen LogP contribution in [0.25, 0.3) is 0 Å². The summed E-state index contributed by atoms with van der Waals surface area (Å²) < 4.78 is 5.63. The summed E-state index contributed by atoms with van der Waals surface area (Å²) >= 11 is 0. The van der Waals surface area contributed by atoms with Gasteiger partial charge in [0.1, 0.15) is 5.76 Å². The first-order valence-corrected chi connectivity index (χ1v) is 6.49. The SMILES string of the molecule is CNCC1CCN(Cc2nc(C)c(C)o2)CC1.Cl.Cl. The van der Waals surface area contributed by atoms with Crippen LogP contribution in [0.1, 0.15) is 30.2 Å². The molecule has 1 saturated heterocycles. The molecule has 19 heavy (non-hydrogen) atoms. The standard InChI is InChI=1S/C13H23N3O.2ClH/c1-10-11(2)17-13(15-10)9-16-6-4-12(5-7-16)8-14-3;;/h12,14H,4-9H2,1-3H3;2*1H. The van der Waals surface area contributed by atoms with Crippen LogP contribution in [0, 0.1) is 19.8 Å². The zero-order valence-corrected chi connectivity index (χ0v) is 13.6. The molecular weight excluding hydrogens is 285 g/mol. The van der Waals surface area contributed by atoms with E-state index in [0.29, 0.717) is 0 Å². The third-order valence-corrected chi connectivity index (χ3v) is 3.63. The molecule has 6 heteroatoms. The van der Waals surface area contributed by atoms with E-state index >= 15 is 0 Å². The number of oxazole rings is 1. The highest BCUT2D eigenvalue weighted by molar-refractivity contribution is 5.85. The van der Waals surface area contributed by atoms with Crippen LogP contribution in [0.3, 0.4) is 0 Å². The van der Waals surface area contributed by atoms with Crippen molar-refractivity contribution in [2.45, 2.75) is 33.2 Å². The molecule has 0 aliphatic carbocycles. The highest BCUT2D eigenvalue weighted by Crippen LogP contribution is 2.19. The Labute approximate surface area is 128 Å². The maximum absolute atomic E-state index is 5.63. The molecule has 0 spiro atoms. The molecular formula is C13H25Cl2N3O. The average Bonchev–Trinajstić information content (AvgIpc) is 2.61. The molecule has 1 aromatic heterocycles. The number of halogens is 2. The average molecular weight is 310 g/mol. The molecule has 1 aliphatic rings. The lowest BCUT2D eigenvalue weighted by Crippen LogP contribution is -2.36. The second-order valence-corrected chi connectivity index (χ2v) is 5.03. The number of hydrogen-bond acceptors (Lipinski definition) is 4. The first-order valence-electron chi connectivity index (χ1n) is 6.49. The Morgan fingerprint density at radius 1 is 1.26 bits per heavy atom. The van der Waals surface area contributed by atoms with Crippen LogP contribution in [0.2, 0.25) is 0 Å². The minimum Gasteiger partial charge on any atom is -0.444 e. The van der Waals surface area contributed by atoms with Crippen molar-refractivity contribution in [3.05, 3.63) is 17.3 Å². The van der Waals surface area contributed by atoms with Gasteiger partial charge in [-0.05, 0) is 59.3 Å². The van der Waals surface area contributed by atoms with Crippen LogP contribution in [-0.2, 0) is 6.54 Å². The Hall–Kier alpha value is -0.290. The number of hydrogen-bond donors (Lipinski definition) is 1. The fraction of sp³-hybridized carbons (Fsp3) is 0.769.